The summed E-state index contributed by atoms with van der Waals surface area (Å²) >= 11 is 0. The highest BCUT2D eigenvalue weighted by Crippen LogP contribution is 2.17. The van der Waals surface area contributed by atoms with E-state index in [1.807, 2.05) is 0 Å². The smallest absolute Gasteiger partial charge is 0.207 e. The number of benzene rings is 2. The SMILES string of the molecule is O=S(=O)(Cl)c1cccc(F)c1.O=S(=O)(Cl)c1ccccc1F. The Kier molecular flexibility index (Phi) is 6.30. The van der Waals surface area contributed by atoms with Gasteiger partial charge >= 0.3 is 0 Å². The number of halogens is 4. The Morgan fingerprint density at radius 3 is 1.73 bits per heavy atom. The van der Waals surface area contributed by atoms with Crippen molar-refractivity contribution < 1.29 is 25.6 Å². The van der Waals surface area contributed by atoms with Gasteiger partial charge in [0, 0.05) is 21.4 Å². The molecule has 2 aromatic carbocycles. The van der Waals surface area contributed by atoms with Gasteiger partial charge in [-0.15, -0.1) is 0 Å². The molecule has 22 heavy (non-hydrogen) atoms. The van der Waals surface area contributed by atoms with Crippen LogP contribution < -0.4 is 0 Å². The molecule has 0 N–H and O–H groups in total. The first-order valence-corrected chi connectivity index (χ1v) is 10.0. The van der Waals surface area contributed by atoms with Gasteiger partial charge in [0.05, 0.1) is 4.90 Å². The van der Waals surface area contributed by atoms with Gasteiger partial charge in [-0.3, -0.25) is 0 Å². The van der Waals surface area contributed by atoms with E-state index in [0.29, 0.717) is 0 Å². The second-order valence-electron chi connectivity index (χ2n) is 3.76. The molecule has 2 rings (SSSR count). The average molecular weight is 389 g/mol. The highest BCUT2D eigenvalue weighted by molar-refractivity contribution is 8.14. The van der Waals surface area contributed by atoms with Crippen molar-refractivity contribution in [2.75, 3.05) is 0 Å². The van der Waals surface area contributed by atoms with Crippen molar-refractivity contribution in [2.24, 2.45) is 0 Å². The predicted octanol–water partition coefficient (Wildman–Crippen LogP) is 3.51. The van der Waals surface area contributed by atoms with Gasteiger partial charge in [0.15, 0.2) is 0 Å². The van der Waals surface area contributed by atoms with Crippen molar-refractivity contribution >= 4 is 39.5 Å². The maximum absolute atomic E-state index is 12.6. The molecule has 0 aliphatic carbocycles. The molecule has 0 spiro atoms. The zero-order chi connectivity index (χ0) is 17.0. The molecule has 0 radical (unpaired) electrons. The minimum atomic E-state index is -3.94. The van der Waals surface area contributed by atoms with E-state index in [9.17, 15) is 25.6 Å². The van der Waals surface area contributed by atoms with Crippen LogP contribution in [0.3, 0.4) is 0 Å². The van der Waals surface area contributed by atoms with Crippen LogP contribution in [0.1, 0.15) is 0 Å². The number of hydrogen-bond donors (Lipinski definition) is 0. The van der Waals surface area contributed by atoms with Gasteiger partial charge in [0.1, 0.15) is 16.5 Å². The van der Waals surface area contributed by atoms with Crippen LogP contribution in [0.5, 0.6) is 0 Å². The van der Waals surface area contributed by atoms with E-state index in [-0.39, 0.29) is 4.90 Å². The summed E-state index contributed by atoms with van der Waals surface area (Å²) in [7, 11) is 2.10. The summed E-state index contributed by atoms with van der Waals surface area (Å²) in [5, 5.41) is 0. The Bertz CT molecular complexity index is 868. The summed E-state index contributed by atoms with van der Waals surface area (Å²) in [4.78, 5) is -0.708. The second kappa shape index (κ2) is 7.36. The lowest BCUT2D eigenvalue weighted by atomic mass is 10.4. The fraction of sp³-hybridized carbons (Fsp3) is 0. The summed E-state index contributed by atoms with van der Waals surface area (Å²) in [5.41, 5.74) is 0. The van der Waals surface area contributed by atoms with Crippen molar-refractivity contribution in [2.45, 2.75) is 9.79 Å². The Morgan fingerprint density at radius 2 is 1.36 bits per heavy atom. The monoisotopic (exact) mass is 388 g/mol. The van der Waals surface area contributed by atoms with Crippen molar-refractivity contribution in [1.29, 1.82) is 0 Å². The maximum atomic E-state index is 12.6. The zero-order valence-electron chi connectivity index (χ0n) is 10.6. The summed E-state index contributed by atoms with van der Waals surface area (Å²) in [6.45, 7) is 0. The fourth-order valence-electron chi connectivity index (χ4n) is 1.26. The fourth-order valence-corrected chi connectivity index (χ4v) is 2.96. The molecule has 0 aliphatic heterocycles. The molecular weight excluding hydrogens is 381 g/mol. The largest absolute Gasteiger partial charge is 0.264 e. The normalized spacial score (nSPS) is 11.5. The molecule has 2 aromatic rings. The lowest BCUT2D eigenvalue weighted by Crippen LogP contribution is -1.93. The van der Waals surface area contributed by atoms with E-state index in [0.717, 1.165) is 24.3 Å². The summed E-state index contributed by atoms with van der Waals surface area (Å²) in [6.07, 6.45) is 0. The Labute approximate surface area is 135 Å². The van der Waals surface area contributed by atoms with Crippen LogP contribution in [-0.4, -0.2) is 16.8 Å². The Balaban J connectivity index is 0.000000220. The third-order valence-electron chi connectivity index (χ3n) is 2.18. The van der Waals surface area contributed by atoms with E-state index in [1.54, 1.807) is 0 Å². The molecule has 4 nitrogen and oxygen atoms in total. The van der Waals surface area contributed by atoms with Gasteiger partial charge < -0.3 is 0 Å². The first-order valence-electron chi connectivity index (χ1n) is 5.41. The van der Waals surface area contributed by atoms with Gasteiger partial charge in [0.25, 0.3) is 18.1 Å². The molecule has 0 amide bonds. The summed E-state index contributed by atoms with van der Waals surface area (Å²) in [6, 6.07) is 9.45. The second-order valence-corrected chi connectivity index (χ2v) is 8.86. The van der Waals surface area contributed by atoms with Crippen LogP contribution in [0.2, 0.25) is 0 Å². The van der Waals surface area contributed by atoms with Crippen LogP contribution in [0, 0.1) is 11.6 Å². The van der Waals surface area contributed by atoms with E-state index in [4.69, 9.17) is 21.4 Å². The molecule has 0 unspecified atom stereocenters. The van der Waals surface area contributed by atoms with Crippen LogP contribution in [0.4, 0.5) is 8.78 Å². The van der Waals surface area contributed by atoms with Crippen LogP contribution in [-0.2, 0) is 18.1 Å². The molecule has 0 fully saturated rings. The van der Waals surface area contributed by atoms with Crippen molar-refractivity contribution in [3.05, 3.63) is 60.2 Å². The van der Waals surface area contributed by atoms with Crippen molar-refractivity contribution in [1.82, 2.24) is 0 Å². The minimum absolute atomic E-state index is 0.223. The van der Waals surface area contributed by atoms with Gasteiger partial charge in [-0.1, -0.05) is 18.2 Å². The quantitative estimate of drug-likeness (QED) is 0.738. The molecule has 0 saturated carbocycles. The van der Waals surface area contributed by atoms with E-state index in [2.05, 4.69) is 0 Å². The lowest BCUT2D eigenvalue weighted by Gasteiger charge is -1.95. The molecule has 0 atom stereocenters. The van der Waals surface area contributed by atoms with E-state index in [1.165, 1.54) is 24.3 Å². The highest BCUT2D eigenvalue weighted by Gasteiger charge is 2.14. The Morgan fingerprint density at radius 1 is 0.773 bits per heavy atom. The predicted molar refractivity (Wildman–Crippen MR) is 78.9 cm³/mol. The molecule has 0 heterocycles. The van der Waals surface area contributed by atoms with E-state index >= 15 is 0 Å². The Hall–Kier alpha value is -1.22. The van der Waals surface area contributed by atoms with Crippen LogP contribution in [0.15, 0.2) is 58.3 Å². The average Bonchev–Trinajstić information content (AvgIpc) is 2.37. The molecule has 0 aromatic heterocycles. The van der Waals surface area contributed by atoms with Crippen LogP contribution in [0.25, 0.3) is 0 Å². The number of hydrogen-bond acceptors (Lipinski definition) is 4. The van der Waals surface area contributed by atoms with Gasteiger partial charge in [0.2, 0.25) is 0 Å². The number of rotatable bonds is 2. The van der Waals surface area contributed by atoms with Crippen LogP contribution >= 0.6 is 21.4 Å². The summed E-state index contributed by atoms with van der Waals surface area (Å²) in [5.74, 6) is -1.45. The van der Waals surface area contributed by atoms with Crippen molar-refractivity contribution in [3.63, 3.8) is 0 Å². The maximum Gasteiger partial charge on any atom is 0.264 e. The highest BCUT2D eigenvalue weighted by atomic mass is 35.7. The molecular formula is C12H8Cl2F2O4S2. The first kappa shape index (κ1) is 18.8. The minimum Gasteiger partial charge on any atom is -0.207 e. The molecule has 120 valence electrons. The van der Waals surface area contributed by atoms with E-state index < -0.39 is 34.6 Å². The lowest BCUT2D eigenvalue weighted by molar-refractivity contribution is 0.575. The van der Waals surface area contributed by atoms with Crippen molar-refractivity contribution in [3.8, 4) is 0 Å². The van der Waals surface area contributed by atoms with Gasteiger partial charge in [-0.25, -0.2) is 25.6 Å². The van der Waals surface area contributed by atoms with Gasteiger partial charge in [-0.05, 0) is 30.3 Å². The molecule has 10 heteroatoms. The third-order valence-corrected chi connectivity index (χ3v) is 4.88. The standard InChI is InChI=1S/2C6H4ClFO2S/c7-11(9,10)6-3-1-2-5(8)4-6;7-11(9,10)6-4-2-1-3-5(6)8/h2*1-4H. The third kappa shape index (κ3) is 5.88. The first-order chi connectivity index (χ1) is 10.0. The molecule has 0 saturated heterocycles. The zero-order valence-corrected chi connectivity index (χ0v) is 13.7. The molecule has 0 bridgehead atoms. The summed E-state index contributed by atoms with van der Waals surface area (Å²) < 4.78 is 67.3. The topological polar surface area (TPSA) is 68.3 Å². The molecule has 0 aliphatic rings. The van der Waals surface area contributed by atoms with Gasteiger partial charge in [-0.2, -0.15) is 0 Å².